The van der Waals surface area contributed by atoms with E-state index in [-0.39, 0.29) is 53.4 Å². The molecular weight excluding hydrogens is 320 g/mol. The number of fused-ring (bicyclic) bond motifs is 5. The molecule has 0 radical (unpaired) electrons. The van der Waals surface area contributed by atoms with Crippen molar-refractivity contribution < 1.29 is 23.8 Å². The van der Waals surface area contributed by atoms with Crippen LogP contribution in [0.3, 0.4) is 0 Å². The summed E-state index contributed by atoms with van der Waals surface area (Å²) in [5.74, 6) is -0.318. The lowest BCUT2D eigenvalue weighted by molar-refractivity contribution is -0.154. The molecule has 136 valence electrons. The first-order chi connectivity index (χ1) is 11.7. The molecule has 2 heterocycles. The Labute approximate surface area is 148 Å². The van der Waals surface area contributed by atoms with Crippen molar-refractivity contribution in [2.75, 3.05) is 0 Å². The summed E-state index contributed by atoms with van der Waals surface area (Å²) in [5.41, 5.74) is 1.26. The number of carbonyl (C=O) groups is 2. The molecule has 0 aromatic heterocycles. The minimum absolute atomic E-state index is 0.0321. The van der Waals surface area contributed by atoms with E-state index in [0.717, 1.165) is 18.4 Å². The van der Waals surface area contributed by atoms with Crippen LogP contribution >= 0.6 is 0 Å². The van der Waals surface area contributed by atoms with E-state index >= 15 is 0 Å². The van der Waals surface area contributed by atoms with Gasteiger partial charge in [0.2, 0.25) is 0 Å². The van der Waals surface area contributed by atoms with E-state index in [2.05, 4.69) is 20.1 Å². The molecular formula is C20H26O5. The molecule has 5 heteroatoms. The average Bonchev–Trinajstić information content (AvgIpc) is 3.26. The molecule has 0 aromatic rings. The van der Waals surface area contributed by atoms with Gasteiger partial charge in [-0.25, -0.2) is 4.79 Å². The molecule has 7 atom stereocenters. The van der Waals surface area contributed by atoms with Crippen LogP contribution in [-0.2, 0) is 23.8 Å². The maximum Gasteiger partial charge on any atom is 0.334 e. The van der Waals surface area contributed by atoms with Crippen molar-refractivity contribution in [3.8, 4) is 0 Å². The highest BCUT2D eigenvalue weighted by molar-refractivity contribution is 5.91. The summed E-state index contributed by atoms with van der Waals surface area (Å²) in [6, 6.07) is 0. The summed E-state index contributed by atoms with van der Waals surface area (Å²) in [6.45, 7) is 14.3. The number of hydrogen-bond donors (Lipinski definition) is 0. The fourth-order valence-electron chi connectivity index (χ4n) is 5.16. The van der Waals surface area contributed by atoms with E-state index in [0.29, 0.717) is 12.0 Å². The monoisotopic (exact) mass is 346 g/mol. The number of rotatable bonds is 3. The maximum atomic E-state index is 12.2. The van der Waals surface area contributed by atoms with Crippen molar-refractivity contribution in [2.24, 2.45) is 23.2 Å². The number of ether oxygens (including phenoxy) is 3. The van der Waals surface area contributed by atoms with Gasteiger partial charge in [0.1, 0.15) is 12.2 Å². The van der Waals surface area contributed by atoms with E-state index < -0.39 is 6.10 Å². The van der Waals surface area contributed by atoms with Crippen LogP contribution in [0.15, 0.2) is 24.3 Å². The molecule has 2 aliphatic carbocycles. The Bertz CT molecular complexity index is 665. The van der Waals surface area contributed by atoms with Crippen LogP contribution in [0.5, 0.6) is 0 Å². The van der Waals surface area contributed by atoms with E-state index in [1.165, 1.54) is 0 Å². The van der Waals surface area contributed by atoms with Gasteiger partial charge >= 0.3 is 11.9 Å². The fraction of sp³-hybridized carbons (Fsp3) is 0.700. The molecule has 2 aliphatic heterocycles. The second-order valence-electron chi connectivity index (χ2n) is 8.63. The van der Waals surface area contributed by atoms with E-state index in [1.807, 2.05) is 13.8 Å². The largest absolute Gasteiger partial charge is 0.458 e. The van der Waals surface area contributed by atoms with Crippen LogP contribution < -0.4 is 0 Å². The first-order valence-electron chi connectivity index (χ1n) is 9.17. The Balaban J connectivity index is 1.60. The third-order valence-corrected chi connectivity index (χ3v) is 6.45. The van der Waals surface area contributed by atoms with Gasteiger partial charge < -0.3 is 14.2 Å². The Morgan fingerprint density at radius 3 is 2.76 bits per heavy atom. The van der Waals surface area contributed by atoms with Crippen LogP contribution in [0, 0.1) is 23.2 Å². The number of esters is 2. The van der Waals surface area contributed by atoms with Crippen LogP contribution in [-0.4, -0.2) is 36.4 Å². The predicted molar refractivity (Wildman–Crippen MR) is 90.5 cm³/mol. The molecule has 0 N–H and O–H groups in total. The average molecular weight is 346 g/mol. The van der Waals surface area contributed by atoms with Crippen molar-refractivity contribution in [3.05, 3.63) is 24.3 Å². The van der Waals surface area contributed by atoms with Gasteiger partial charge in [0.05, 0.1) is 6.10 Å². The molecule has 2 saturated carbocycles. The van der Waals surface area contributed by atoms with Crippen molar-refractivity contribution in [2.45, 2.75) is 64.4 Å². The zero-order valence-corrected chi connectivity index (χ0v) is 15.1. The van der Waals surface area contributed by atoms with Gasteiger partial charge in [-0.3, -0.25) is 4.79 Å². The summed E-state index contributed by atoms with van der Waals surface area (Å²) in [4.78, 5) is 24.2. The Hall–Kier alpha value is -1.62. The molecule has 25 heavy (non-hydrogen) atoms. The van der Waals surface area contributed by atoms with E-state index in [1.54, 1.807) is 0 Å². The van der Waals surface area contributed by atoms with Gasteiger partial charge in [0, 0.05) is 29.2 Å². The third kappa shape index (κ3) is 2.39. The van der Waals surface area contributed by atoms with Crippen molar-refractivity contribution in [3.63, 3.8) is 0 Å². The quantitative estimate of drug-likeness (QED) is 0.340. The Kier molecular flexibility index (Phi) is 3.66. The summed E-state index contributed by atoms with van der Waals surface area (Å²) in [6.07, 6.45) is 1.40. The zero-order chi connectivity index (χ0) is 18.1. The van der Waals surface area contributed by atoms with Crippen LogP contribution in [0.25, 0.3) is 0 Å². The standard InChI is InChI=1S/C20H26O5/c1-9(2)8-13(21)23-15-11(4)14-16-12(10(3)19(22)25-16)6-7-20(14,5)18-17(15)24-18/h9,12,14-18H,3-4,6-8H2,1-2,5H3/t12-,14-,15+,16+,17+,18+,20-/m0/s1. The van der Waals surface area contributed by atoms with Gasteiger partial charge in [-0.2, -0.15) is 0 Å². The lowest BCUT2D eigenvalue weighted by atomic mass is 9.55. The Morgan fingerprint density at radius 1 is 1.36 bits per heavy atom. The highest BCUT2D eigenvalue weighted by Gasteiger charge is 2.70. The highest BCUT2D eigenvalue weighted by Crippen LogP contribution is 2.63. The first kappa shape index (κ1) is 16.8. The highest BCUT2D eigenvalue weighted by atomic mass is 16.6. The molecule has 0 amide bonds. The van der Waals surface area contributed by atoms with Gasteiger partial charge in [0.15, 0.2) is 6.10 Å². The lowest BCUT2D eigenvalue weighted by Crippen LogP contribution is -2.54. The fourth-order valence-corrected chi connectivity index (χ4v) is 5.16. The molecule has 4 aliphatic rings. The Morgan fingerprint density at radius 2 is 2.08 bits per heavy atom. The summed E-state index contributed by atoms with van der Waals surface area (Å²) in [7, 11) is 0. The third-order valence-electron chi connectivity index (χ3n) is 6.45. The van der Waals surface area contributed by atoms with Gasteiger partial charge in [0.25, 0.3) is 0 Å². The van der Waals surface area contributed by atoms with Crippen LogP contribution in [0.2, 0.25) is 0 Å². The van der Waals surface area contributed by atoms with Crippen LogP contribution in [0.4, 0.5) is 0 Å². The smallest absolute Gasteiger partial charge is 0.334 e. The minimum Gasteiger partial charge on any atom is -0.458 e. The predicted octanol–water partition coefficient (Wildman–Crippen LogP) is 2.80. The van der Waals surface area contributed by atoms with Gasteiger partial charge in [-0.05, 0) is 24.3 Å². The molecule has 0 bridgehead atoms. The summed E-state index contributed by atoms with van der Waals surface area (Å²) < 4.78 is 17.4. The van der Waals surface area contributed by atoms with Crippen LogP contribution in [0.1, 0.15) is 40.0 Å². The molecule has 5 nitrogen and oxygen atoms in total. The molecule has 0 unspecified atom stereocenters. The van der Waals surface area contributed by atoms with Gasteiger partial charge in [-0.1, -0.05) is 33.9 Å². The van der Waals surface area contributed by atoms with Gasteiger partial charge in [-0.15, -0.1) is 0 Å². The van der Waals surface area contributed by atoms with E-state index in [9.17, 15) is 9.59 Å². The van der Waals surface area contributed by atoms with Crippen molar-refractivity contribution in [1.82, 2.24) is 0 Å². The maximum absolute atomic E-state index is 12.2. The first-order valence-corrected chi connectivity index (χ1v) is 9.17. The topological polar surface area (TPSA) is 65.1 Å². The second-order valence-corrected chi connectivity index (χ2v) is 8.63. The number of carbonyl (C=O) groups excluding carboxylic acids is 2. The number of epoxide rings is 1. The molecule has 4 rings (SSSR count). The van der Waals surface area contributed by atoms with Crippen molar-refractivity contribution in [1.29, 1.82) is 0 Å². The second kappa shape index (κ2) is 5.44. The summed E-state index contributed by atoms with van der Waals surface area (Å²) >= 11 is 0. The molecule has 4 fully saturated rings. The normalized spacial score (nSPS) is 44.7. The van der Waals surface area contributed by atoms with E-state index in [4.69, 9.17) is 14.2 Å². The SMILES string of the molecule is C=C1C(=O)O[C@@H]2[C@H]1CC[C@]1(C)[C@@H]3O[C@@H]3[C@H](OC(=O)CC(C)C)C(=C)[C@@H]21. The number of hydrogen-bond acceptors (Lipinski definition) is 5. The summed E-state index contributed by atoms with van der Waals surface area (Å²) in [5, 5.41) is 0. The molecule has 0 aromatic carbocycles. The van der Waals surface area contributed by atoms with Crippen molar-refractivity contribution >= 4 is 11.9 Å². The molecule has 0 spiro atoms. The molecule has 2 saturated heterocycles. The zero-order valence-electron chi connectivity index (χ0n) is 15.1. The minimum atomic E-state index is -0.444. The lowest BCUT2D eigenvalue weighted by Gasteiger charge is -2.49.